The summed E-state index contributed by atoms with van der Waals surface area (Å²) in [6.07, 6.45) is 0.150. The van der Waals surface area contributed by atoms with E-state index in [4.69, 9.17) is 14.2 Å². The molecular weight excluding hydrogens is 220 g/mol. The monoisotopic (exact) mass is 246 g/mol. The highest BCUT2D eigenvalue weighted by atomic mass is 16.6. The van der Waals surface area contributed by atoms with Gasteiger partial charge in [0.2, 0.25) is 0 Å². The van der Waals surface area contributed by atoms with Crippen LogP contribution in [0.4, 0.5) is 0 Å². The Morgan fingerprint density at radius 1 is 0.941 bits per heavy atom. The fourth-order valence-electron chi connectivity index (χ4n) is 1.22. The van der Waals surface area contributed by atoms with Crippen molar-refractivity contribution in [3.63, 3.8) is 0 Å². The Morgan fingerprint density at radius 3 is 2.00 bits per heavy atom. The van der Waals surface area contributed by atoms with Crippen LogP contribution in [0.2, 0.25) is 0 Å². The Labute approximate surface area is 105 Å². The molecule has 17 heavy (non-hydrogen) atoms. The van der Waals surface area contributed by atoms with Gasteiger partial charge in [-0.25, -0.2) is 0 Å². The van der Waals surface area contributed by atoms with E-state index in [0.29, 0.717) is 13.2 Å². The summed E-state index contributed by atoms with van der Waals surface area (Å²) in [5.41, 5.74) is 0. The van der Waals surface area contributed by atoms with Crippen LogP contribution in [-0.2, 0) is 19.0 Å². The molecule has 0 aliphatic carbocycles. The maximum absolute atomic E-state index is 11.2. The molecule has 102 valence electrons. The van der Waals surface area contributed by atoms with Gasteiger partial charge in [-0.15, -0.1) is 0 Å². The zero-order valence-corrected chi connectivity index (χ0v) is 11.9. The van der Waals surface area contributed by atoms with E-state index >= 15 is 0 Å². The highest BCUT2D eigenvalue weighted by molar-refractivity contribution is 5.71. The summed E-state index contributed by atoms with van der Waals surface area (Å²) in [7, 11) is 0. The van der Waals surface area contributed by atoms with E-state index in [1.807, 2.05) is 41.5 Å². The third-order valence-electron chi connectivity index (χ3n) is 2.05. The second-order valence-corrected chi connectivity index (χ2v) is 4.92. The van der Waals surface area contributed by atoms with Crippen LogP contribution >= 0.6 is 0 Å². The van der Waals surface area contributed by atoms with Crippen LogP contribution in [0.15, 0.2) is 0 Å². The molecule has 0 aliphatic rings. The van der Waals surface area contributed by atoms with Gasteiger partial charge in [-0.1, -0.05) is 13.8 Å². The molecule has 2 unspecified atom stereocenters. The number of carbonyl (C=O) groups is 1. The maximum Gasteiger partial charge on any atom is 0.308 e. The zero-order valence-electron chi connectivity index (χ0n) is 11.9. The molecule has 0 N–H and O–H groups in total. The first-order valence-electron chi connectivity index (χ1n) is 6.26. The van der Waals surface area contributed by atoms with Crippen LogP contribution in [-0.4, -0.2) is 37.5 Å². The molecule has 4 nitrogen and oxygen atoms in total. The predicted molar refractivity (Wildman–Crippen MR) is 66.9 cm³/mol. The van der Waals surface area contributed by atoms with Crippen molar-refractivity contribution in [3.05, 3.63) is 0 Å². The van der Waals surface area contributed by atoms with Gasteiger partial charge in [0.1, 0.15) is 6.61 Å². The van der Waals surface area contributed by atoms with Crippen LogP contribution in [0, 0.1) is 5.92 Å². The lowest BCUT2D eigenvalue weighted by atomic mass is 10.2. The molecule has 0 rings (SSSR count). The van der Waals surface area contributed by atoms with Crippen molar-refractivity contribution in [3.8, 4) is 0 Å². The van der Waals surface area contributed by atoms with Crippen molar-refractivity contribution in [2.75, 3.05) is 13.2 Å². The van der Waals surface area contributed by atoms with E-state index in [9.17, 15) is 4.79 Å². The van der Waals surface area contributed by atoms with Gasteiger partial charge < -0.3 is 14.2 Å². The molecule has 0 spiro atoms. The van der Waals surface area contributed by atoms with Gasteiger partial charge in [-0.2, -0.15) is 0 Å². The molecule has 0 aliphatic heterocycles. The fourth-order valence-corrected chi connectivity index (χ4v) is 1.22. The number of carbonyl (C=O) groups excluding carboxylic acids is 1. The average Bonchev–Trinajstić information content (AvgIpc) is 2.21. The minimum atomic E-state index is -0.188. The predicted octanol–water partition coefficient (Wildman–Crippen LogP) is 2.40. The van der Waals surface area contributed by atoms with Crippen LogP contribution in [0.3, 0.4) is 0 Å². The highest BCUT2D eigenvalue weighted by Crippen LogP contribution is 2.02. The number of rotatable bonds is 8. The summed E-state index contributed by atoms with van der Waals surface area (Å²) in [6, 6.07) is 0. The standard InChI is InChI=1S/C13H26O4/c1-9(2)13(14)16-7-11(5)15-8-12(6)17-10(3)4/h9-12H,7-8H2,1-6H3. The first kappa shape index (κ1) is 16.4. The second-order valence-electron chi connectivity index (χ2n) is 4.92. The molecule has 0 aromatic heterocycles. The van der Waals surface area contributed by atoms with Gasteiger partial charge in [0.25, 0.3) is 0 Å². The Morgan fingerprint density at radius 2 is 1.53 bits per heavy atom. The molecule has 0 aromatic rings. The number of ether oxygens (including phenoxy) is 3. The summed E-state index contributed by atoms with van der Waals surface area (Å²) >= 11 is 0. The lowest BCUT2D eigenvalue weighted by Gasteiger charge is -2.19. The summed E-state index contributed by atoms with van der Waals surface area (Å²) in [5, 5.41) is 0. The maximum atomic E-state index is 11.2. The Kier molecular flexibility index (Phi) is 8.17. The topological polar surface area (TPSA) is 44.8 Å². The molecular formula is C13H26O4. The molecule has 0 saturated heterocycles. The minimum Gasteiger partial charge on any atom is -0.463 e. The van der Waals surface area contributed by atoms with Crippen molar-refractivity contribution < 1.29 is 19.0 Å². The molecule has 0 bridgehead atoms. The van der Waals surface area contributed by atoms with E-state index in [1.165, 1.54) is 0 Å². The Balaban J connectivity index is 3.65. The largest absolute Gasteiger partial charge is 0.463 e. The van der Waals surface area contributed by atoms with Crippen molar-refractivity contribution in [2.24, 2.45) is 5.92 Å². The third kappa shape index (κ3) is 9.12. The number of hydrogen-bond acceptors (Lipinski definition) is 4. The van der Waals surface area contributed by atoms with Crippen molar-refractivity contribution in [1.29, 1.82) is 0 Å². The Bertz CT molecular complexity index is 213. The fraction of sp³-hybridized carbons (Fsp3) is 0.923. The SMILES string of the molecule is CC(C)OC(C)COC(C)COC(=O)C(C)C. The van der Waals surface area contributed by atoms with Crippen molar-refractivity contribution in [1.82, 2.24) is 0 Å². The van der Waals surface area contributed by atoms with Gasteiger partial charge in [0, 0.05) is 0 Å². The van der Waals surface area contributed by atoms with Gasteiger partial charge in [-0.3, -0.25) is 4.79 Å². The normalized spacial score (nSPS) is 15.1. The zero-order chi connectivity index (χ0) is 13.4. The molecule has 2 atom stereocenters. The minimum absolute atomic E-state index is 0.0539. The summed E-state index contributed by atoms with van der Waals surface area (Å²) < 4.78 is 16.1. The molecule has 0 saturated carbocycles. The Hall–Kier alpha value is -0.610. The van der Waals surface area contributed by atoms with Gasteiger partial charge in [-0.05, 0) is 27.7 Å². The lowest BCUT2D eigenvalue weighted by molar-refractivity contribution is -0.152. The quantitative estimate of drug-likeness (QED) is 0.617. The van der Waals surface area contributed by atoms with E-state index in [2.05, 4.69) is 0 Å². The van der Waals surface area contributed by atoms with Gasteiger partial charge in [0.05, 0.1) is 30.8 Å². The molecule has 0 fully saturated rings. The van der Waals surface area contributed by atoms with E-state index in [0.717, 1.165) is 0 Å². The molecule has 4 heteroatoms. The smallest absolute Gasteiger partial charge is 0.308 e. The average molecular weight is 246 g/mol. The summed E-state index contributed by atoms with van der Waals surface area (Å²) in [4.78, 5) is 11.2. The van der Waals surface area contributed by atoms with E-state index in [-0.39, 0.29) is 30.2 Å². The molecule has 0 heterocycles. The van der Waals surface area contributed by atoms with Crippen LogP contribution in [0.5, 0.6) is 0 Å². The highest BCUT2D eigenvalue weighted by Gasteiger charge is 2.12. The van der Waals surface area contributed by atoms with Crippen molar-refractivity contribution in [2.45, 2.75) is 59.9 Å². The van der Waals surface area contributed by atoms with Crippen molar-refractivity contribution >= 4 is 5.97 Å². The first-order valence-corrected chi connectivity index (χ1v) is 6.26. The number of hydrogen-bond donors (Lipinski definition) is 0. The van der Waals surface area contributed by atoms with Gasteiger partial charge in [0.15, 0.2) is 0 Å². The van der Waals surface area contributed by atoms with Crippen LogP contribution < -0.4 is 0 Å². The summed E-state index contributed by atoms with van der Waals surface area (Å²) in [6.45, 7) is 12.3. The lowest BCUT2D eigenvalue weighted by Crippen LogP contribution is -2.26. The number of esters is 1. The van der Waals surface area contributed by atoms with E-state index in [1.54, 1.807) is 0 Å². The molecule has 0 aromatic carbocycles. The molecule has 0 radical (unpaired) electrons. The summed E-state index contributed by atoms with van der Waals surface area (Å²) in [5.74, 6) is -0.280. The second kappa shape index (κ2) is 8.48. The van der Waals surface area contributed by atoms with Crippen LogP contribution in [0.1, 0.15) is 41.5 Å². The third-order valence-corrected chi connectivity index (χ3v) is 2.05. The van der Waals surface area contributed by atoms with E-state index < -0.39 is 0 Å². The first-order chi connectivity index (χ1) is 7.82. The van der Waals surface area contributed by atoms with Gasteiger partial charge >= 0.3 is 5.97 Å². The van der Waals surface area contributed by atoms with Crippen LogP contribution in [0.25, 0.3) is 0 Å². The molecule has 0 amide bonds.